The molecule has 0 aliphatic carbocycles. The topological polar surface area (TPSA) is 81.7 Å². The van der Waals surface area contributed by atoms with Crippen LogP contribution in [-0.4, -0.2) is 37.9 Å². The van der Waals surface area contributed by atoms with Crippen molar-refractivity contribution in [1.82, 2.24) is 5.32 Å². The third-order valence-corrected chi connectivity index (χ3v) is 3.84. The number of benzene rings is 1. The molecule has 0 atom stereocenters. The van der Waals surface area contributed by atoms with Crippen LogP contribution >= 0.6 is 11.3 Å². The summed E-state index contributed by atoms with van der Waals surface area (Å²) < 4.78 is 23.0. The molecule has 6 nitrogen and oxygen atoms in total. The van der Waals surface area contributed by atoms with Gasteiger partial charge in [-0.05, 0) is 29.6 Å². The summed E-state index contributed by atoms with van der Waals surface area (Å²) in [5, 5.41) is 4.12. The van der Waals surface area contributed by atoms with E-state index in [9.17, 15) is 18.8 Å². The van der Waals surface area contributed by atoms with Gasteiger partial charge in [0.05, 0.1) is 12.0 Å². The Balaban J connectivity index is 1.80. The average Bonchev–Trinajstić information content (AvgIpc) is 3.12. The molecule has 1 aromatic heterocycles. The van der Waals surface area contributed by atoms with Crippen molar-refractivity contribution >= 4 is 29.0 Å². The molecule has 2 rings (SSSR count). The second-order valence-electron chi connectivity index (χ2n) is 4.59. The zero-order valence-corrected chi connectivity index (χ0v) is 13.5. The maximum absolute atomic E-state index is 13.5. The largest absolute Gasteiger partial charge is 0.494 e. The minimum Gasteiger partial charge on any atom is -0.494 e. The minimum absolute atomic E-state index is 0.0137. The fourth-order valence-electron chi connectivity index (χ4n) is 1.77. The first-order valence-corrected chi connectivity index (χ1v) is 7.73. The number of hydrogen-bond donors (Lipinski definition) is 1. The number of hydrogen-bond acceptors (Lipinski definition) is 6. The van der Waals surface area contributed by atoms with Crippen LogP contribution in [-0.2, 0) is 9.53 Å². The summed E-state index contributed by atoms with van der Waals surface area (Å²) in [5.74, 6) is -2.39. The molecule has 126 valence electrons. The molecule has 0 aliphatic heterocycles. The predicted octanol–water partition coefficient (Wildman–Crippen LogP) is 2.05. The first-order chi connectivity index (χ1) is 11.5. The molecule has 0 unspecified atom stereocenters. The van der Waals surface area contributed by atoms with Gasteiger partial charge >= 0.3 is 5.97 Å². The van der Waals surface area contributed by atoms with E-state index in [4.69, 9.17) is 9.47 Å². The first kappa shape index (κ1) is 17.6. The van der Waals surface area contributed by atoms with Crippen molar-refractivity contribution in [3.63, 3.8) is 0 Å². The molecule has 1 heterocycles. The zero-order chi connectivity index (χ0) is 17.5. The van der Waals surface area contributed by atoms with Crippen LogP contribution < -0.4 is 10.1 Å². The van der Waals surface area contributed by atoms with E-state index in [2.05, 4.69) is 5.32 Å². The molecule has 0 spiro atoms. The van der Waals surface area contributed by atoms with Crippen molar-refractivity contribution in [1.29, 1.82) is 0 Å². The van der Waals surface area contributed by atoms with Crippen molar-refractivity contribution in [2.24, 2.45) is 0 Å². The lowest BCUT2D eigenvalue weighted by Gasteiger charge is -2.07. The van der Waals surface area contributed by atoms with Crippen molar-refractivity contribution in [2.45, 2.75) is 0 Å². The van der Waals surface area contributed by atoms with Gasteiger partial charge in [0, 0.05) is 5.56 Å². The molecule has 0 fully saturated rings. The van der Waals surface area contributed by atoms with Gasteiger partial charge < -0.3 is 14.8 Å². The molecule has 2 aromatic rings. The number of methoxy groups -OCH3 is 1. The molecular formula is C16H14FNO5S. The highest BCUT2D eigenvalue weighted by Gasteiger charge is 2.14. The van der Waals surface area contributed by atoms with E-state index in [1.165, 1.54) is 30.6 Å². The number of esters is 1. The Morgan fingerprint density at radius 1 is 1.25 bits per heavy atom. The number of amides is 1. The van der Waals surface area contributed by atoms with Crippen molar-refractivity contribution in [2.75, 3.05) is 20.3 Å². The number of Topliss-reactive ketones (excluding diaryl/α,β-unsaturated/α-hetero) is 1. The Labute approximate surface area is 141 Å². The Kier molecular flexibility index (Phi) is 6.02. The molecule has 0 saturated heterocycles. The summed E-state index contributed by atoms with van der Waals surface area (Å²) in [6.07, 6.45) is 0. The van der Waals surface area contributed by atoms with Crippen LogP contribution in [0.2, 0.25) is 0 Å². The number of thiophene rings is 1. The Hall–Kier alpha value is -2.74. The quantitative estimate of drug-likeness (QED) is 0.610. The third kappa shape index (κ3) is 4.63. The van der Waals surface area contributed by atoms with Gasteiger partial charge in [-0.25, -0.2) is 4.39 Å². The second kappa shape index (κ2) is 8.21. The fourth-order valence-corrected chi connectivity index (χ4v) is 2.41. The standard InChI is InChI=1S/C16H14FNO5S/c1-22-13-5-4-10(7-11(13)17)12(19)9-23-15(20)8-18-16(21)14-3-2-6-24-14/h2-7H,8-9H2,1H3,(H,18,21). The van der Waals surface area contributed by atoms with E-state index in [1.54, 1.807) is 17.5 Å². The lowest BCUT2D eigenvalue weighted by atomic mass is 10.1. The summed E-state index contributed by atoms with van der Waals surface area (Å²) in [7, 11) is 1.31. The smallest absolute Gasteiger partial charge is 0.325 e. The number of carbonyl (C=O) groups excluding carboxylic acids is 3. The molecule has 24 heavy (non-hydrogen) atoms. The summed E-state index contributed by atoms with van der Waals surface area (Å²) in [5.41, 5.74) is 0.0590. The van der Waals surface area contributed by atoms with Gasteiger partial charge in [0.15, 0.2) is 24.0 Å². The predicted molar refractivity (Wildman–Crippen MR) is 84.9 cm³/mol. The highest BCUT2D eigenvalue weighted by Crippen LogP contribution is 2.18. The van der Waals surface area contributed by atoms with Crippen molar-refractivity contribution in [3.8, 4) is 5.75 Å². The number of ketones is 1. The lowest BCUT2D eigenvalue weighted by Crippen LogP contribution is -2.31. The molecule has 0 radical (unpaired) electrons. The highest BCUT2D eigenvalue weighted by atomic mass is 32.1. The zero-order valence-electron chi connectivity index (χ0n) is 12.7. The third-order valence-electron chi connectivity index (χ3n) is 2.98. The average molecular weight is 351 g/mol. The number of carbonyl (C=O) groups is 3. The van der Waals surface area contributed by atoms with E-state index in [1.807, 2.05) is 0 Å². The monoisotopic (exact) mass is 351 g/mol. The lowest BCUT2D eigenvalue weighted by molar-refractivity contribution is -0.141. The maximum atomic E-state index is 13.5. The van der Waals surface area contributed by atoms with Gasteiger partial charge in [-0.3, -0.25) is 14.4 Å². The normalized spacial score (nSPS) is 10.1. The van der Waals surface area contributed by atoms with Crippen LogP contribution in [0.15, 0.2) is 35.7 Å². The number of halogens is 1. The molecule has 0 aliphatic rings. The summed E-state index contributed by atoms with van der Waals surface area (Å²) in [6.45, 7) is -0.902. The van der Waals surface area contributed by atoms with E-state index >= 15 is 0 Å². The van der Waals surface area contributed by atoms with E-state index in [0.29, 0.717) is 4.88 Å². The molecule has 1 amide bonds. The van der Waals surface area contributed by atoms with Crippen LogP contribution in [0, 0.1) is 5.82 Å². The summed E-state index contributed by atoms with van der Waals surface area (Å²) >= 11 is 1.24. The minimum atomic E-state index is -0.762. The van der Waals surface area contributed by atoms with Crippen LogP contribution in [0.3, 0.4) is 0 Å². The van der Waals surface area contributed by atoms with Gasteiger partial charge in [0.1, 0.15) is 6.54 Å². The fraction of sp³-hybridized carbons (Fsp3) is 0.188. The van der Waals surface area contributed by atoms with E-state index < -0.39 is 30.1 Å². The van der Waals surface area contributed by atoms with Crippen LogP contribution in [0.1, 0.15) is 20.0 Å². The van der Waals surface area contributed by atoms with Gasteiger partial charge in [-0.2, -0.15) is 0 Å². The van der Waals surface area contributed by atoms with Crippen LogP contribution in [0.25, 0.3) is 0 Å². The second-order valence-corrected chi connectivity index (χ2v) is 5.54. The molecular weight excluding hydrogens is 337 g/mol. The Bertz CT molecular complexity index is 745. The molecule has 0 bridgehead atoms. The van der Waals surface area contributed by atoms with Gasteiger partial charge in [0.2, 0.25) is 0 Å². The van der Waals surface area contributed by atoms with Gasteiger partial charge in [-0.15, -0.1) is 11.3 Å². The van der Waals surface area contributed by atoms with Crippen LogP contribution in [0.5, 0.6) is 5.75 Å². The van der Waals surface area contributed by atoms with Gasteiger partial charge in [-0.1, -0.05) is 6.07 Å². The van der Waals surface area contributed by atoms with E-state index in [0.717, 1.165) is 6.07 Å². The maximum Gasteiger partial charge on any atom is 0.325 e. The van der Waals surface area contributed by atoms with Gasteiger partial charge in [0.25, 0.3) is 5.91 Å². The molecule has 0 saturated carbocycles. The van der Waals surface area contributed by atoms with Crippen LogP contribution in [0.4, 0.5) is 4.39 Å². The number of nitrogens with one attached hydrogen (secondary N) is 1. The summed E-state index contributed by atoms with van der Waals surface area (Å²) in [4.78, 5) is 35.5. The Morgan fingerprint density at radius 3 is 2.67 bits per heavy atom. The number of ether oxygens (including phenoxy) is 2. The SMILES string of the molecule is COc1ccc(C(=O)COC(=O)CNC(=O)c2cccs2)cc1F. The van der Waals surface area contributed by atoms with Crippen molar-refractivity contribution < 1.29 is 28.2 Å². The van der Waals surface area contributed by atoms with Crippen molar-refractivity contribution in [3.05, 3.63) is 52.0 Å². The molecule has 1 N–H and O–H groups in total. The number of rotatable bonds is 7. The highest BCUT2D eigenvalue weighted by molar-refractivity contribution is 7.12. The first-order valence-electron chi connectivity index (χ1n) is 6.85. The Morgan fingerprint density at radius 2 is 2.04 bits per heavy atom. The summed E-state index contributed by atoms with van der Waals surface area (Å²) in [6, 6.07) is 7.02. The molecule has 8 heteroatoms. The van der Waals surface area contributed by atoms with E-state index in [-0.39, 0.29) is 17.9 Å². The molecule has 1 aromatic carbocycles.